The Morgan fingerprint density at radius 3 is 2.27 bits per heavy atom. The summed E-state index contributed by atoms with van der Waals surface area (Å²) in [7, 11) is 0. The van der Waals surface area contributed by atoms with Crippen LogP contribution in [-0.2, 0) is 5.41 Å². The Bertz CT molecular complexity index is 1660. The van der Waals surface area contributed by atoms with Crippen LogP contribution in [0, 0.1) is 0 Å². The molecule has 0 atom stereocenters. The van der Waals surface area contributed by atoms with Crippen LogP contribution >= 0.6 is 0 Å². The first-order valence-electron chi connectivity index (χ1n) is 11.0. The zero-order valence-electron chi connectivity index (χ0n) is 18.7. The molecular formula is C28H22N4O. The highest BCUT2D eigenvalue weighted by Gasteiger charge is 2.22. The van der Waals surface area contributed by atoms with Crippen molar-refractivity contribution in [3.63, 3.8) is 0 Å². The number of furan rings is 1. The van der Waals surface area contributed by atoms with Crippen molar-refractivity contribution in [1.82, 2.24) is 19.9 Å². The van der Waals surface area contributed by atoms with Crippen molar-refractivity contribution in [1.29, 1.82) is 0 Å². The smallest absolute Gasteiger partial charge is 0.182 e. The molecule has 6 aromatic rings. The number of fused-ring (bicyclic) bond motifs is 4. The summed E-state index contributed by atoms with van der Waals surface area (Å²) < 4.78 is 6.09. The first-order chi connectivity index (χ1) is 16.0. The number of pyridine rings is 1. The van der Waals surface area contributed by atoms with E-state index in [0.717, 1.165) is 49.9 Å². The summed E-state index contributed by atoms with van der Waals surface area (Å²) in [5.41, 5.74) is 3.97. The molecule has 3 aromatic carbocycles. The molecule has 5 heteroatoms. The highest BCUT2D eigenvalue weighted by Crippen LogP contribution is 2.32. The Balaban J connectivity index is 1.54. The molecule has 0 aliphatic heterocycles. The topological polar surface area (TPSA) is 64.7 Å². The van der Waals surface area contributed by atoms with Crippen LogP contribution in [0.1, 0.15) is 26.6 Å². The summed E-state index contributed by atoms with van der Waals surface area (Å²) >= 11 is 0. The van der Waals surface area contributed by atoms with Gasteiger partial charge in [-0.2, -0.15) is 0 Å². The standard InChI is InChI=1S/C28H22N4O/c1-28(2,3)27-31-25(18-12-14-20-19-9-5-7-11-23(19)33-24(20)16-18)30-26(32-27)22-15-13-17-8-4-6-10-21(17)29-22/h4-16H,1-3H3. The van der Waals surface area contributed by atoms with Crippen molar-refractivity contribution in [2.45, 2.75) is 26.2 Å². The molecule has 0 aliphatic carbocycles. The van der Waals surface area contributed by atoms with Gasteiger partial charge in [0.1, 0.15) is 22.7 Å². The average Bonchev–Trinajstić information content (AvgIpc) is 3.21. The van der Waals surface area contributed by atoms with Crippen LogP contribution in [0.3, 0.4) is 0 Å². The predicted molar refractivity (Wildman–Crippen MR) is 132 cm³/mol. The van der Waals surface area contributed by atoms with Gasteiger partial charge in [-0.25, -0.2) is 19.9 Å². The maximum Gasteiger partial charge on any atom is 0.182 e. The van der Waals surface area contributed by atoms with Gasteiger partial charge in [0.25, 0.3) is 0 Å². The van der Waals surface area contributed by atoms with E-state index in [1.165, 1.54) is 0 Å². The third kappa shape index (κ3) is 3.42. The van der Waals surface area contributed by atoms with Gasteiger partial charge >= 0.3 is 0 Å². The molecule has 0 radical (unpaired) electrons. The number of aromatic nitrogens is 4. The molecular weight excluding hydrogens is 408 g/mol. The van der Waals surface area contributed by atoms with Crippen LogP contribution < -0.4 is 0 Å². The third-order valence-corrected chi connectivity index (χ3v) is 5.77. The predicted octanol–water partition coefficient (Wildman–Crippen LogP) is 6.95. The Hall–Kier alpha value is -4.12. The summed E-state index contributed by atoms with van der Waals surface area (Å²) in [5.74, 6) is 1.91. The van der Waals surface area contributed by atoms with Crippen LogP contribution in [0.25, 0.3) is 55.7 Å². The molecule has 0 fully saturated rings. The van der Waals surface area contributed by atoms with E-state index in [0.29, 0.717) is 11.6 Å². The van der Waals surface area contributed by atoms with Crippen molar-refractivity contribution in [3.8, 4) is 22.9 Å². The van der Waals surface area contributed by atoms with Gasteiger partial charge in [-0.3, -0.25) is 0 Å². The van der Waals surface area contributed by atoms with Crippen molar-refractivity contribution < 1.29 is 4.42 Å². The minimum Gasteiger partial charge on any atom is -0.456 e. The van der Waals surface area contributed by atoms with Gasteiger partial charge in [-0.1, -0.05) is 69.3 Å². The van der Waals surface area contributed by atoms with Gasteiger partial charge in [0.05, 0.1) is 5.52 Å². The van der Waals surface area contributed by atoms with Crippen LogP contribution in [0.5, 0.6) is 0 Å². The molecule has 0 bridgehead atoms. The van der Waals surface area contributed by atoms with Crippen molar-refractivity contribution in [2.75, 3.05) is 0 Å². The summed E-state index contributed by atoms with van der Waals surface area (Å²) in [4.78, 5) is 19.3. The third-order valence-electron chi connectivity index (χ3n) is 5.77. The molecule has 0 saturated carbocycles. The molecule has 6 rings (SSSR count). The summed E-state index contributed by atoms with van der Waals surface area (Å²) in [6.45, 7) is 6.31. The maximum atomic E-state index is 6.09. The minimum atomic E-state index is -0.243. The maximum absolute atomic E-state index is 6.09. The number of para-hydroxylation sites is 2. The lowest BCUT2D eigenvalue weighted by Crippen LogP contribution is -2.18. The molecule has 0 saturated heterocycles. The number of benzene rings is 3. The fourth-order valence-electron chi connectivity index (χ4n) is 4.01. The molecule has 3 aromatic heterocycles. The highest BCUT2D eigenvalue weighted by molar-refractivity contribution is 6.05. The molecule has 5 nitrogen and oxygen atoms in total. The second-order valence-electron chi connectivity index (χ2n) is 9.25. The largest absolute Gasteiger partial charge is 0.456 e. The van der Waals surface area contributed by atoms with E-state index in [1.807, 2.05) is 60.7 Å². The van der Waals surface area contributed by atoms with Crippen LogP contribution in [-0.4, -0.2) is 19.9 Å². The van der Waals surface area contributed by atoms with E-state index in [2.05, 4.69) is 39.0 Å². The zero-order valence-corrected chi connectivity index (χ0v) is 18.7. The molecule has 33 heavy (non-hydrogen) atoms. The lowest BCUT2D eigenvalue weighted by atomic mass is 9.95. The van der Waals surface area contributed by atoms with E-state index in [-0.39, 0.29) is 5.41 Å². The lowest BCUT2D eigenvalue weighted by molar-refractivity contribution is 0.543. The molecule has 0 unspecified atom stereocenters. The Morgan fingerprint density at radius 1 is 0.636 bits per heavy atom. The molecule has 3 heterocycles. The van der Waals surface area contributed by atoms with E-state index in [1.54, 1.807) is 0 Å². The fourth-order valence-corrected chi connectivity index (χ4v) is 4.01. The van der Waals surface area contributed by atoms with Crippen molar-refractivity contribution in [2.24, 2.45) is 0 Å². The molecule has 0 N–H and O–H groups in total. The number of rotatable bonds is 2. The quantitative estimate of drug-likeness (QED) is 0.297. The highest BCUT2D eigenvalue weighted by atomic mass is 16.3. The number of hydrogen-bond acceptors (Lipinski definition) is 5. The van der Waals surface area contributed by atoms with Crippen LogP contribution in [0.4, 0.5) is 0 Å². The van der Waals surface area contributed by atoms with Gasteiger partial charge in [-0.05, 0) is 30.3 Å². The molecule has 160 valence electrons. The number of hydrogen-bond donors (Lipinski definition) is 0. The van der Waals surface area contributed by atoms with Gasteiger partial charge in [0.15, 0.2) is 11.6 Å². The molecule has 0 aliphatic rings. The second kappa shape index (κ2) is 7.20. The van der Waals surface area contributed by atoms with Gasteiger partial charge in [-0.15, -0.1) is 0 Å². The summed E-state index contributed by atoms with van der Waals surface area (Å²) in [6.07, 6.45) is 0. The van der Waals surface area contributed by atoms with Gasteiger partial charge in [0.2, 0.25) is 0 Å². The van der Waals surface area contributed by atoms with E-state index in [9.17, 15) is 0 Å². The first-order valence-corrected chi connectivity index (χ1v) is 11.0. The Morgan fingerprint density at radius 2 is 1.39 bits per heavy atom. The summed E-state index contributed by atoms with van der Waals surface area (Å²) in [5, 5.41) is 3.27. The fraction of sp³-hybridized carbons (Fsp3) is 0.143. The first kappa shape index (κ1) is 19.6. The zero-order chi connectivity index (χ0) is 22.6. The molecule has 0 amide bonds. The van der Waals surface area contributed by atoms with E-state index >= 15 is 0 Å². The van der Waals surface area contributed by atoms with E-state index in [4.69, 9.17) is 24.4 Å². The Labute approximate surface area is 191 Å². The SMILES string of the molecule is CC(C)(C)c1nc(-c2ccc3c(c2)oc2ccccc23)nc(-c2ccc3ccccc3n2)n1. The van der Waals surface area contributed by atoms with Gasteiger partial charge in [0, 0.05) is 27.1 Å². The van der Waals surface area contributed by atoms with Crippen molar-refractivity contribution >= 4 is 32.8 Å². The summed E-state index contributed by atoms with van der Waals surface area (Å²) in [6, 6.07) is 26.3. The number of nitrogens with zero attached hydrogens (tertiary/aromatic N) is 4. The van der Waals surface area contributed by atoms with Crippen molar-refractivity contribution in [3.05, 3.63) is 84.7 Å². The average molecular weight is 431 g/mol. The van der Waals surface area contributed by atoms with Gasteiger partial charge < -0.3 is 4.42 Å². The monoisotopic (exact) mass is 430 g/mol. The van der Waals surface area contributed by atoms with E-state index < -0.39 is 0 Å². The van der Waals surface area contributed by atoms with Crippen LogP contribution in [0.2, 0.25) is 0 Å². The normalized spacial score (nSPS) is 12.1. The Kier molecular flexibility index (Phi) is 4.27. The van der Waals surface area contributed by atoms with Crippen LogP contribution in [0.15, 0.2) is 83.3 Å². The molecule has 0 spiro atoms. The lowest BCUT2D eigenvalue weighted by Gasteiger charge is -2.18. The minimum absolute atomic E-state index is 0.243. The second-order valence-corrected chi connectivity index (χ2v) is 9.25.